The number of aryl methyl sites for hydroxylation is 1. The molecule has 1 N–H and O–H groups in total. The minimum atomic E-state index is -4.61. The first-order valence-corrected chi connectivity index (χ1v) is 10.4. The summed E-state index contributed by atoms with van der Waals surface area (Å²) in [6.07, 6.45) is -1.21. The zero-order valence-corrected chi connectivity index (χ0v) is 17.9. The van der Waals surface area contributed by atoms with Crippen molar-refractivity contribution in [3.05, 3.63) is 51.8 Å². The number of H-pyrrole nitrogens is 1. The number of piperidine rings is 1. The average Bonchev–Trinajstić information content (AvgIpc) is 3.19. The predicted octanol–water partition coefficient (Wildman–Crippen LogP) is 4.91. The Kier molecular flexibility index (Phi) is 7.08. The van der Waals surface area contributed by atoms with Gasteiger partial charge in [-0.3, -0.25) is 14.8 Å². The summed E-state index contributed by atoms with van der Waals surface area (Å²) in [4.78, 5) is 16.9. The van der Waals surface area contributed by atoms with Gasteiger partial charge >= 0.3 is 6.18 Å². The van der Waals surface area contributed by atoms with Crippen LogP contribution in [0.15, 0.2) is 24.3 Å². The first-order valence-electron chi connectivity index (χ1n) is 10.1. The van der Waals surface area contributed by atoms with Gasteiger partial charge in [0.1, 0.15) is 5.69 Å². The van der Waals surface area contributed by atoms with Gasteiger partial charge in [-0.25, -0.2) is 0 Å². The molecule has 1 unspecified atom stereocenters. The van der Waals surface area contributed by atoms with Gasteiger partial charge in [-0.2, -0.15) is 18.3 Å². The number of carbonyl (C=O) groups is 1. The molecular formula is C21H26ClF3N4O. The average molecular weight is 443 g/mol. The third-order valence-corrected chi connectivity index (χ3v) is 5.91. The van der Waals surface area contributed by atoms with Crippen LogP contribution in [0.1, 0.15) is 53.5 Å². The number of nitrogens with one attached hydrogen (secondary N) is 1. The van der Waals surface area contributed by atoms with Crippen LogP contribution >= 0.6 is 11.6 Å². The Balaban J connectivity index is 1.81. The number of carbonyl (C=O) groups excluding carboxylic acids is 1. The third kappa shape index (κ3) is 5.55. The summed E-state index contributed by atoms with van der Waals surface area (Å²) in [5.41, 5.74) is 0.460. The van der Waals surface area contributed by atoms with Crippen LogP contribution in [0.3, 0.4) is 0 Å². The van der Waals surface area contributed by atoms with Gasteiger partial charge in [0.2, 0.25) is 0 Å². The molecule has 2 aromatic rings. The summed E-state index contributed by atoms with van der Waals surface area (Å²) in [7, 11) is 0. The Labute approximate surface area is 179 Å². The summed E-state index contributed by atoms with van der Waals surface area (Å²) < 4.78 is 38.7. The molecule has 1 aromatic carbocycles. The second kappa shape index (κ2) is 9.39. The van der Waals surface area contributed by atoms with E-state index < -0.39 is 17.8 Å². The topological polar surface area (TPSA) is 52.2 Å². The number of hydrogen-bond donors (Lipinski definition) is 1. The Morgan fingerprint density at radius 1 is 1.33 bits per heavy atom. The molecule has 1 aromatic heterocycles. The molecule has 30 heavy (non-hydrogen) atoms. The van der Waals surface area contributed by atoms with Gasteiger partial charge in [-0.1, -0.05) is 35.7 Å². The SMILES string of the molecule is Cc1ccc(Cl)c(CN(CCN2CCCCC2C)C(=O)c2cc(C(F)(F)F)n[nH]2)c1. The number of aromatic amines is 1. The first-order chi connectivity index (χ1) is 14.1. The summed E-state index contributed by atoms with van der Waals surface area (Å²) in [5.74, 6) is -0.528. The molecule has 164 valence electrons. The number of benzene rings is 1. The van der Waals surface area contributed by atoms with E-state index >= 15 is 0 Å². The number of aromatic nitrogens is 2. The quantitative estimate of drug-likeness (QED) is 0.691. The molecule has 1 aliphatic rings. The van der Waals surface area contributed by atoms with E-state index in [9.17, 15) is 18.0 Å². The summed E-state index contributed by atoms with van der Waals surface area (Å²) in [6.45, 7) is 6.28. The lowest BCUT2D eigenvalue weighted by Gasteiger charge is -2.35. The maximum Gasteiger partial charge on any atom is 0.435 e. The molecule has 9 heteroatoms. The molecule has 1 saturated heterocycles. The number of halogens is 4. The highest BCUT2D eigenvalue weighted by atomic mass is 35.5. The van der Waals surface area contributed by atoms with Crippen LogP contribution in [-0.4, -0.2) is 51.6 Å². The second-order valence-corrected chi connectivity index (χ2v) is 8.27. The van der Waals surface area contributed by atoms with Gasteiger partial charge in [0.25, 0.3) is 5.91 Å². The molecule has 0 bridgehead atoms. The standard InChI is InChI=1S/C21H26ClF3N4O/c1-14-6-7-17(22)16(11-14)13-29(10-9-28-8-4-3-5-15(28)2)20(30)18-12-19(27-26-18)21(23,24)25/h6-7,11-12,15H,3-5,8-10,13H2,1-2H3,(H,26,27). The van der Waals surface area contributed by atoms with E-state index in [2.05, 4.69) is 22.0 Å². The number of alkyl halides is 3. The summed E-state index contributed by atoms with van der Waals surface area (Å²) in [5, 5.41) is 6.02. The normalized spacial score (nSPS) is 17.9. The zero-order valence-electron chi connectivity index (χ0n) is 17.1. The van der Waals surface area contributed by atoms with E-state index in [1.807, 2.05) is 19.1 Å². The molecule has 2 heterocycles. The molecule has 0 spiro atoms. The molecule has 0 saturated carbocycles. The van der Waals surface area contributed by atoms with Crippen molar-refractivity contribution in [2.75, 3.05) is 19.6 Å². The summed E-state index contributed by atoms with van der Waals surface area (Å²) >= 11 is 6.31. The maximum absolute atomic E-state index is 13.1. The maximum atomic E-state index is 13.1. The van der Waals surface area contributed by atoms with Crippen molar-refractivity contribution in [1.29, 1.82) is 0 Å². The molecule has 1 atom stereocenters. The molecule has 5 nitrogen and oxygen atoms in total. The predicted molar refractivity (Wildman–Crippen MR) is 109 cm³/mol. The van der Waals surface area contributed by atoms with Crippen LogP contribution in [-0.2, 0) is 12.7 Å². The largest absolute Gasteiger partial charge is 0.435 e. The fourth-order valence-electron chi connectivity index (χ4n) is 3.77. The van der Waals surface area contributed by atoms with Crippen LogP contribution in [0.5, 0.6) is 0 Å². The highest BCUT2D eigenvalue weighted by Crippen LogP contribution is 2.28. The number of amides is 1. The van der Waals surface area contributed by atoms with Gasteiger partial charge in [0, 0.05) is 36.8 Å². The van der Waals surface area contributed by atoms with Crippen LogP contribution in [0.4, 0.5) is 13.2 Å². The van der Waals surface area contributed by atoms with E-state index in [0.717, 1.165) is 36.6 Å². The van der Waals surface area contributed by atoms with Crippen molar-refractivity contribution in [3.8, 4) is 0 Å². The highest BCUT2D eigenvalue weighted by Gasteiger charge is 2.35. The van der Waals surface area contributed by atoms with Gasteiger partial charge in [0.05, 0.1) is 0 Å². The highest BCUT2D eigenvalue weighted by molar-refractivity contribution is 6.31. The smallest absolute Gasteiger partial charge is 0.332 e. The van der Waals surface area contributed by atoms with E-state index in [1.165, 1.54) is 11.3 Å². The van der Waals surface area contributed by atoms with Crippen LogP contribution in [0.25, 0.3) is 0 Å². The van der Waals surface area contributed by atoms with Crippen LogP contribution < -0.4 is 0 Å². The number of nitrogens with zero attached hydrogens (tertiary/aromatic N) is 3. The monoisotopic (exact) mass is 442 g/mol. The Hall–Kier alpha value is -2.06. The fourth-order valence-corrected chi connectivity index (χ4v) is 3.95. The van der Waals surface area contributed by atoms with Gasteiger partial charge in [0.15, 0.2) is 5.69 Å². The summed E-state index contributed by atoms with van der Waals surface area (Å²) in [6, 6.07) is 6.70. The molecule has 1 fully saturated rings. The lowest BCUT2D eigenvalue weighted by molar-refractivity contribution is -0.141. The first kappa shape index (κ1) is 22.6. The Bertz CT molecular complexity index is 883. The van der Waals surface area contributed by atoms with Crippen LogP contribution in [0.2, 0.25) is 5.02 Å². The number of hydrogen-bond acceptors (Lipinski definition) is 3. The molecule has 1 aliphatic heterocycles. The molecule has 3 rings (SSSR count). The van der Waals surface area contributed by atoms with Crippen molar-refractivity contribution in [3.63, 3.8) is 0 Å². The van der Waals surface area contributed by atoms with Gasteiger partial charge in [-0.15, -0.1) is 0 Å². The van der Waals surface area contributed by atoms with E-state index in [1.54, 1.807) is 6.07 Å². The van der Waals surface area contributed by atoms with Crippen molar-refractivity contribution < 1.29 is 18.0 Å². The molecular weight excluding hydrogens is 417 g/mol. The third-order valence-electron chi connectivity index (χ3n) is 5.55. The lowest BCUT2D eigenvalue weighted by Crippen LogP contribution is -2.44. The van der Waals surface area contributed by atoms with E-state index in [4.69, 9.17) is 11.6 Å². The molecule has 1 amide bonds. The minimum Gasteiger partial charge on any atom is -0.332 e. The fraction of sp³-hybridized carbons (Fsp3) is 0.524. The molecule has 0 radical (unpaired) electrons. The van der Waals surface area contributed by atoms with E-state index in [0.29, 0.717) is 24.2 Å². The van der Waals surface area contributed by atoms with E-state index in [-0.39, 0.29) is 12.2 Å². The minimum absolute atomic E-state index is 0.183. The van der Waals surface area contributed by atoms with Crippen molar-refractivity contribution >= 4 is 17.5 Å². The number of rotatable bonds is 6. The van der Waals surface area contributed by atoms with Gasteiger partial charge < -0.3 is 4.90 Å². The molecule has 0 aliphatic carbocycles. The van der Waals surface area contributed by atoms with Crippen molar-refractivity contribution in [2.45, 2.75) is 51.9 Å². The lowest BCUT2D eigenvalue weighted by atomic mass is 10.0. The second-order valence-electron chi connectivity index (χ2n) is 7.87. The zero-order chi connectivity index (χ0) is 21.9. The van der Waals surface area contributed by atoms with Crippen LogP contribution in [0, 0.1) is 6.92 Å². The van der Waals surface area contributed by atoms with Crippen molar-refractivity contribution in [1.82, 2.24) is 20.0 Å². The number of likely N-dealkylation sites (tertiary alicyclic amines) is 1. The Morgan fingerprint density at radius 3 is 2.77 bits per heavy atom. The Morgan fingerprint density at radius 2 is 2.10 bits per heavy atom. The van der Waals surface area contributed by atoms with Gasteiger partial charge in [-0.05, 0) is 44.9 Å². The van der Waals surface area contributed by atoms with Crippen molar-refractivity contribution in [2.24, 2.45) is 0 Å².